The minimum absolute atomic E-state index is 0.302. The number of hydrogen-bond donors (Lipinski definition) is 0. The van der Waals surface area contributed by atoms with E-state index in [1.807, 2.05) is 11.9 Å². The molecule has 0 spiro atoms. The molecule has 1 aromatic carbocycles. The van der Waals surface area contributed by atoms with Gasteiger partial charge in [-0.3, -0.25) is 4.79 Å². The molecule has 1 saturated carbocycles. The van der Waals surface area contributed by atoms with Gasteiger partial charge in [-0.15, -0.1) is 11.8 Å². The zero-order valence-corrected chi connectivity index (χ0v) is 13.4. The third-order valence-electron chi connectivity index (χ3n) is 4.12. The average Bonchev–Trinajstić information content (AvgIpc) is 2.49. The number of thioether (sulfide) groups is 1. The van der Waals surface area contributed by atoms with Gasteiger partial charge in [-0.25, -0.2) is 0 Å². The van der Waals surface area contributed by atoms with Gasteiger partial charge in [0.25, 0.3) is 0 Å². The average molecular weight is 291 g/mol. The third kappa shape index (κ3) is 4.55. The van der Waals surface area contributed by atoms with E-state index in [1.165, 1.54) is 42.6 Å². The normalized spacial score (nSPS) is 16.1. The van der Waals surface area contributed by atoms with E-state index in [0.717, 1.165) is 5.75 Å². The second-order valence-electron chi connectivity index (χ2n) is 5.71. The molecule has 0 saturated heterocycles. The summed E-state index contributed by atoms with van der Waals surface area (Å²) < 4.78 is 0. The minimum atomic E-state index is 0.302. The van der Waals surface area contributed by atoms with Gasteiger partial charge in [0.15, 0.2) is 0 Å². The molecule has 0 bridgehead atoms. The van der Waals surface area contributed by atoms with E-state index in [-0.39, 0.29) is 0 Å². The molecule has 1 aliphatic rings. The largest absolute Gasteiger partial charge is 0.343 e. The summed E-state index contributed by atoms with van der Waals surface area (Å²) in [5.74, 6) is 1.18. The Morgan fingerprint density at radius 1 is 1.20 bits per heavy atom. The molecule has 0 N–H and O–H groups in total. The molecule has 20 heavy (non-hydrogen) atoms. The van der Waals surface area contributed by atoms with Gasteiger partial charge in [-0.1, -0.05) is 37.0 Å². The maximum Gasteiger partial charge on any atom is 0.223 e. The highest BCUT2D eigenvalue weighted by Crippen LogP contribution is 2.23. The van der Waals surface area contributed by atoms with Crippen molar-refractivity contribution in [3.8, 4) is 0 Å². The fourth-order valence-electron chi connectivity index (χ4n) is 2.74. The number of nitrogens with zero attached hydrogens (tertiary/aromatic N) is 1. The molecule has 0 atom stereocenters. The van der Waals surface area contributed by atoms with Gasteiger partial charge in [-0.05, 0) is 31.9 Å². The molecule has 2 rings (SSSR count). The number of amides is 1. The molecule has 0 radical (unpaired) electrons. The Morgan fingerprint density at radius 2 is 1.85 bits per heavy atom. The Morgan fingerprint density at radius 3 is 2.50 bits per heavy atom. The highest BCUT2D eigenvalue weighted by Gasteiger charge is 2.21. The molecule has 0 aromatic heterocycles. The lowest BCUT2D eigenvalue weighted by molar-refractivity contribution is -0.132. The smallest absolute Gasteiger partial charge is 0.223 e. The second kappa shape index (κ2) is 7.72. The Balaban J connectivity index is 1.72. The van der Waals surface area contributed by atoms with E-state index in [9.17, 15) is 4.79 Å². The van der Waals surface area contributed by atoms with Crippen molar-refractivity contribution in [3.05, 3.63) is 29.8 Å². The van der Waals surface area contributed by atoms with E-state index in [2.05, 4.69) is 31.2 Å². The van der Waals surface area contributed by atoms with E-state index in [4.69, 9.17) is 0 Å². The molecule has 0 unspecified atom stereocenters. The molecule has 1 aliphatic carbocycles. The molecule has 1 fully saturated rings. The van der Waals surface area contributed by atoms with Gasteiger partial charge in [0.2, 0.25) is 5.91 Å². The van der Waals surface area contributed by atoms with Crippen LogP contribution in [0, 0.1) is 6.92 Å². The molecule has 0 aliphatic heterocycles. The van der Waals surface area contributed by atoms with E-state index >= 15 is 0 Å². The number of carbonyl (C=O) groups is 1. The Hall–Kier alpha value is -0.960. The Bertz CT molecular complexity index is 423. The summed E-state index contributed by atoms with van der Waals surface area (Å²) in [5, 5.41) is 0. The van der Waals surface area contributed by atoms with Crippen LogP contribution in [0.4, 0.5) is 0 Å². The summed E-state index contributed by atoms with van der Waals surface area (Å²) in [6.45, 7) is 2.09. The summed E-state index contributed by atoms with van der Waals surface area (Å²) in [6.07, 6.45) is 6.91. The van der Waals surface area contributed by atoms with Gasteiger partial charge in [-0.2, -0.15) is 0 Å². The molecule has 110 valence electrons. The summed E-state index contributed by atoms with van der Waals surface area (Å²) in [4.78, 5) is 15.4. The first-order chi connectivity index (χ1) is 9.66. The summed E-state index contributed by atoms with van der Waals surface area (Å²) in [6, 6.07) is 9.00. The van der Waals surface area contributed by atoms with Crippen LogP contribution in [-0.2, 0) is 4.79 Å². The van der Waals surface area contributed by atoms with Gasteiger partial charge < -0.3 is 4.90 Å². The highest BCUT2D eigenvalue weighted by atomic mass is 32.2. The standard InChI is InChI=1S/C17H25NOS/c1-14-8-10-16(11-9-14)20-13-12-17(19)18(2)15-6-4-3-5-7-15/h8-11,15H,3-7,12-13H2,1-2H3. The monoisotopic (exact) mass is 291 g/mol. The van der Waals surface area contributed by atoms with Crippen LogP contribution in [0.2, 0.25) is 0 Å². The topological polar surface area (TPSA) is 20.3 Å². The molecule has 0 heterocycles. The van der Waals surface area contributed by atoms with Crippen molar-refractivity contribution in [3.63, 3.8) is 0 Å². The van der Waals surface area contributed by atoms with Crippen molar-refractivity contribution in [2.24, 2.45) is 0 Å². The maximum absolute atomic E-state index is 12.2. The fourth-order valence-corrected chi connectivity index (χ4v) is 3.58. The van der Waals surface area contributed by atoms with Gasteiger partial charge in [0.1, 0.15) is 0 Å². The minimum Gasteiger partial charge on any atom is -0.343 e. The summed E-state index contributed by atoms with van der Waals surface area (Å²) in [5.41, 5.74) is 1.28. The van der Waals surface area contributed by atoms with Crippen LogP contribution in [0.5, 0.6) is 0 Å². The van der Waals surface area contributed by atoms with Crippen LogP contribution in [-0.4, -0.2) is 29.6 Å². The molecule has 1 aromatic rings. The van der Waals surface area contributed by atoms with Crippen molar-refractivity contribution >= 4 is 17.7 Å². The van der Waals surface area contributed by atoms with Crippen LogP contribution in [0.25, 0.3) is 0 Å². The lowest BCUT2D eigenvalue weighted by Gasteiger charge is -2.31. The molecular weight excluding hydrogens is 266 g/mol. The first kappa shape index (κ1) is 15.4. The van der Waals surface area contributed by atoms with Crippen molar-refractivity contribution in [1.29, 1.82) is 0 Å². The van der Waals surface area contributed by atoms with Crippen LogP contribution >= 0.6 is 11.8 Å². The Kier molecular flexibility index (Phi) is 5.96. The predicted molar refractivity (Wildman–Crippen MR) is 86.2 cm³/mol. The van der Waals surface area contributed by atoms with Gasteiger partial charge in [0, 0.05) is 30.2 Å². The van der Waals surface area contributed by atoms with Crippen LogP contribution in [0.1, 0.15) is 44.1 Å². The molecule has 2 nitrogen and oxygen atoms in total. The quantitative estimate of drug-likeness (QED) is 0.755. The van der Waals surface area contributed by atoms with Crippen LogP contribution in [0.15, 0.2) is 29.2 Å². The number of hydrogen-bond acceptors (Lipinski definition) is 2. The van der Waals surface area contributed by atoms with Gasteiger partial charge in [0.05, 0.1) is 0 Å². The highest BCUT2D eigenvalue weighted by molar-refractivity contribution is 7.99. The number of benzene rings is 1. The maximum atomic E-state index is 12.2. The predicted octanol–water partition coefficient (Wildman–Crippen LogP) is 4.27. The number of aryl methyl sites for hydroxylation is 1. The van der Waals surface area contributed by atoms with Crippen molar-refractivity contribution in [1.82, 2.24) is 4.90 Å². The van der Waals surface area contributed by atoms with E-state index in [1.54, 1.807) is 11.8 Å². The zero-order chi connectivity index (χ0) is 14.4. The summed E-state index contributed by atoms with van der Waals surface area (Å²) in [7, 11) is 1.98. The van der Waals surface area contributed by atoms with Gasteiger partial charge >= 0.3 is 0 Å². The summed E-state index contributed by atoms with van der Waals surface area (Å²) >= 11 is 1.77. The third-order valence-corrected chi connectivity index (χ3v) is 5.14. The van der Waals surface area contributed by atoms with E-state index < -0.39 is 0 Å². The first-order valence-electron chi connectivity index (χ1n) is 7.62. The molecule has 3 heteroatoms. The van der Waals surface area contributed by atoms with Crippen LogP contribution in [0.3, 0.4) is 0 Å². The molecule has 1 amide bonds. The van der Waals surface area contributed by atoms with E-state index in [0.29, 0.717) is 18.4 Å². The Labute approximate surface area is 126 Å². The fraction of sp³-hybridized carbons (Fsp3) is 0.588. The lowest BCUT2D eigenvalue weighted by atomic mass is 9.94. The van der Waals surface area contributed by atoms with Crippen molar-refractivity contribution in [2.45, 2.75) is 56.4 Å². The number of rotatable bonds is 5. The first-order valence-corrected chi connectivity index (χ1v) is 8.60. The van der Waals surface area contributed by atoms with Crippen LogP contribution < -0.4 is 0 Å². The molecular formula is C17H25NOS. The lowest BCUT2D eigenvalue weighted by Crippen LogP contribution is -2.38. The van der Waals surface area contributed by atoms with Crippen molar-refractivity contribution < 1.29 is 4.79 Å². The number of carbonyl (C=O) groups excluding carboxylic acids is 1. The second-order valence-corrected chi connectivity index (χ2v) is 6.88. The van der Waals surface area contributed by atoms with Crippen molar-refractivity contribution in [2.75, 3.05) is 12.8 Å². The zero-order valence-electron chi connectivity index (χ0n) is 12.6. The SMILES string of the molecule is Cc1ccc(SCCC(=O)N(C)C2CCCCC2)cc1.